The fourth-order valence-electron chi connectivity index (χ4n) is 7.19. The van der Waals surface area contributed by atoms with Crippen molar-refractivity contribution in [1.82, 2.24) is 5.32 Å². The van der Waals surface area contributed by atoms with Gasteiger partial charge in [0.2, 0.25) is 5.91 Å². The van der Waals surface area contributed by atoms with Crippen LogP contribution in [0.4, 0.5) is 0 Å². The normalized spacial score (nSPS) is 13.2. The maximum Gasteiger partial charge on any atom is 0.220 e. The summed E-state index contributed by atoms with van der Waals surface area (Å²) in [6, 6.07) is -0.636. The molecule has 0 rings (SSSR count). The molecular formula is C49H93NO3. The van der Waals surface area contributed by atoms with E-state index in [9.17, 15) is 15.0 Å². The lowest BCUT2D eigenvalue weighted by molar-refractivity contribution is -0.123. The van der Waals surface area contributed by atoms with Crippen molar-refractivity contribution in [3.63, 3.8) is 0 Å². The van der Waals surface area contributed by atoms with E-state index in [4.69, 9.17) is 0 Å². The van der Waals surface area contributed by atoms with Crippen LogP contribution in [0, 0.1) is 0 Å². The van der Waals surface area contributed by atoms with Crippen molar-refractivity contribution in [3.8, 4) is 0 Å². The van der Waals surface area contributed by atoms with Crippen LogP contribution in [0.25, 0.3) is 0 Å². The van der Waals surface area contributed by atoms with Gasteiger partial charge in [-0.2, -0.15) is 0 Å². The molecule has 4 heteroatoms. The Balaban J connectivity index is 3.51. The predicted molar refractivity (Wildman–Crippen MR) is 235 cm³/mol. The number of aliphatic hydroxyl groups excluding tert-OH is 2. The average molecular weight is 744 g/mol. The summed E-state index contributed by atoms with van der Waals surface area (Å²) in [4.78, 5) is 12.4. The van der Waals surface area contributed by atoms with Crippen molar-refractivity contribution in [3.05, 3.63) is 36.5 Å². The molecule has 0 aliphatic heterocycles. The Labute approximate surface area is 331 Å². The van der Waals surface area contributed by atoms with Crippen LogP contribution in [0.1, 0.15) is 251 Å². The Morgan fingerprint density at radius 3 is 1.09 bits per heavy atom. The molecule has 2 atom stereocenters. The van der Waals surface area contributed by atoms with Crippen LogP contribution >= 0.6 is 0 Å². The molecule has 0 aliphatic rings. The van der Waals surface area contributed by atoms with E-state index in [0.29, 0.717) is 6.42 Å². The first-order valence-corrected chi connectivity index (χ1v) is 23.7. The molecule has 2 unspecified atom stereocenters. The quantitative estimate of drug-likeness (QED) is 0.0430. The Hall–Kier alpha value is -1.39. The van der Waals surface area contributed by atoms with Crippen molar-refractivity contribution in [1.29, 1.82) is 0 Å². The van der Waals surface area contributed by atoms with Crippen LogP contribution in [0.3, 0.4) is 0 Å². The molecule has 0 spiro atoms. The van der Waals surface area contributed by atoms with Gasteiger partial charge < -0.3 is 15.5 Å². The summed E-state index contributed by atoms with van der Waals surface area (Å²) in [7, 11) is 0. The molecule has 0 aromatic heterocycles. The molecule has 0 bridgehead atoms. The van der Waals surface area contributed by atoms with Crippen molar-refractivity contribution in [2.45, 2.75) is 264 Å². The van der Waals surface area contributed by atoms with Crippen LogP contribution in [0.5, 0.6) is 0 Å². The molecule has 0 radical (unpaired) electrons. The van der Waals surface area contributed by atoms with Gasteiger partial charge in [-0.25, -0.2) is 0 Å². The minimum Gasteiger partial charge on any atom is -0.394 e. The van der Waals surface area contributed by atoms with Gasteiger partial charge in [0.15, 0.2) is 0 Å². The second-order valence-corrected chi connectivity index (χ2v) is 16.2. The highest BCUT2D eigenvalue weighted by atomic mass is 16.3. The number of amides is 1. The second-order valence-electron chi connectivity index (χ2n) is 16.2. The van der Waals surface area contributed by atoms with Crippen molar-refractivity contribution < 1.29 is 15.0 Å². The molecule has 0 fully saturated rings. The summed E-state index contributed by atoms with van der Waals surface area (Å²) in [6.07, 6.45) is 59.9. The van der Waals surface area contributed by atoms with E-state index >= 15 is 0 Å². The minimum atomic E-state index is -0.859. The Morgan fingerprint density at radius 2 is 0.736 bits per heavy atom. The first-order valence-electron chi connectivity index (χ1n) is 23.7. The van der Waals surface area contributed by atoms with Crippen molar-refractivity contribution in [2.75, 3.05) is 6.61 Å². The zero-order chi connectivity index (χ0) is 38.6. The standard InChI is InChI=1S/C49H93NO3/c1-3-5-7-9-11-13-15-17-19-20-21-22-23-24-25-26-27-28-29-30-31-33-35-37-39-41-43-45-49(53)50-47(46-51)48(52)44-42-40-38-36-34-32-18-16-14-12-10-8-6-4-2/h20-21,34,36,42,44,47-48,51-52H,3-19,22-33,35,37-41,43,45-46H2,1-2H3,(H,50,53)/b21-20-,36-34+,44-42+. The third-order valence-corrected chi connectivity index (χ3v) is 10.8. The van der Waals surface area contributed by atoms with E-state index in [0.717, 1.165) is 32.1 Å². The number of unbranched alkanes of at least 4 members (excludes halogenated alkanes) is 32. The van der Waals surface area contributed by atoms with Gasteiger partial charge in [-0.15, -0.1) is 0 Å². The minimum absolute atomic E-state index is 0.0721. The van der Waals surface area contributed by atoms with Gasteiger partial charge in [-0.3, -0.25) is 4.79 Å². The monoisotopic (exact) mass is 744 g/mol. The highest BCUT2D eigenvalue weighted by molar-refractivity contribution is 5.76. The zero-order valence-corrected chi connectivity index (χ0v) is 35.8. The van der Waals surface area contributed by atoms with Crippen molar-refractivity contribution in [2.24, 2.45) is 0 Å². The number of aliphatic hydroxyl groups is 2. The van der Waals surface area contributed by atoms with Gasteiger partial charge in [-0.1, -0.05) is 224 Å². The lowest BCUT2D eigenvalue weighted by atomic mass is 10.0. The summed E-state index contributed by atoms with van der Waals surface area (Å²) in [5.74, 6) is -0.0721. The third kappa shape index (κ3) is 41.6. The molecule has 0 heterocycles. The van der Waals surface area contributed by atoms with Crippen LogP contribution in [-0.4, -0.2) is 34.9 Å². The van der Waals surface area contributed by atoms with E-state index in [-0.39, 0.29) is 12.5 Å². The molecule has 53 heavy (non-hydrogen) atoms. The average Bonchev–Trinajstić information content (AvgIpc) is 3.16. The Bertz CT molecular complexity index is 806. The molecule has 1 amide bonds. The largest absolute Gasteiger partial charge is 0.394 e. The van der Waals surface area contributed by atoms with Crippen LogP contribution in [-0.2, 0) is 4.79 Å². The topological polar surface area (TPSA) is 69.6 Å². The highest BCUT2D eigenvalue weighted by Gasteiger charge is 2.17. The number of carbonyl (C=O) groups is 1. The van der Waals surface area contributed by atoms with Gasteiger partial charge in [0.1, 0.15) is 0 Å². The van der Waals surface area contributed by atoms with E-state index in [1.807, 2.05) is 6.08 Å². The maximum absolute atomic E-state index is 12.4. The van der Waals surface area contributed by atoms with Crippen LogP contribution < -0.4 is 5.32 Å². The van der Waals surface area contributed by atoms with Gasteiger partial charge >= 0.3 is 0 Å². The maximum atomic E-state index is 12.4. The zero-order valence-electron chi connectivity index (χ0n) is 35.8. The summed E-state index contributed by atoms with van der Waals surface area (Å²) < 4.78 is 0. The highest BCUT2D eigenvalue weighted by Crippen LogP contribution is 2.15. The van der Waals surface area contributed by atoms with Gasteiger partial charge in [0, 0.05) is 6.42 Å². The summed E-state index contributed by atoms with van der Waals surface area (Å²) >= 11 is 0. The first-order chi connectivity index (χ1) is 26.2. The molecule has 0 saturated carbocycles. The van der Waals surface area contributed by atoms with Gasteiger partial charge in [-0.05, 0) is 57.8 Å². The second kappa shape index (κ2) is 45.0. The third-order valence-electron chi connectivity index (χ3n) is 10.8. The number of hydrogen-bond acceptors (Lipinski definition) is 3. The Morgan fingerprint density at radius 1 is 0.434 bits per heavy atom. The Kier molecular flexibility index (Phi) is 43.8. The molecule has 0 aromatic rings. The molecule has 3 N–H and O–H groups in total. The molecule has 0 aliphatic carbocycles. The number of rotatable bonds is 43. The number of nitrogens with one attached hydrogen (secondary N) is 1. The van der Waals surface area contributed by atoms with Crippen molar-refractivity contribution >= 4 is 5.91 Å². The van der Waals surface area contributed by atoms with E-state index in [2.05, 4.69) is 43.5 Å². The van der Waals surface area contributed by atoms with E-state index < -0.39 is 12.1 Å². The molecule has 312 valence electrons. The summed E-state index contributed by atoms with van der Waals surface area (Å²) in [5, 5.41) is 23.0. The van der Waals surface area contributed by atoms with Gasteiger partial charge in [0.05, 0.1) is 18.8 Å². The van der Waals surface area contributed by atoms with E-state index in [1.54, 1.807) is 6.08 Å². The number of hydrogen-bond donors (Lipinski definition) is 3. The smallest absolute Gasteiger partial charge is 0.220 e. The SMILES string of the molecule is CCCCCCCCCC/C=C\CCCCCCCCCCCCCCCCCC(=O)NC(CO)C(O)/C=C/CC/C=C/CCCCCCCCCC. The fourth-order valence-corrected chi connectivity index (χ4v) is 7.19. The van der Waals surface area contributed by atoms with Crippen LogP contribution in [0.15, 0.2) is 36.5 Å². The lowest BCUT2D eigenvalue weighted by Crippen LogP contribution is -2.45. The predicted octanol–water partition coefficient (Wildman–Crippen LogP) is 15.0. The molecular weight excluding hydrogens is 651 g/mol. The number of carbonyl (C=O) groups excluding carboxylic acids is 1. The van der Waals surface area contributed by atoms with E-state index in [1.165, 1.54) is 199 Å². The summed E-state index contributed by atoms with van der Waals surface area (Å²) in [6.45, 7) is 4.30. The first kappa shape index (κ1) is 51.6. The molecule has 0 saturated heterocycles. The molecule has 4 nitrogen and oxygen atoms in total. The van der Waals surface area contributed by atoms with Gasteiger partial charge in [0.25, 0.3) is 0 Å². The number of allylic oxidation sites excluding steroid dienone is 5. The molecule has 0 aromatic carbocycles. The lowest BCUT2D eigenvalue weighted by Gasteiger charge is -2.19. The van der Waals surface area contributed by atoms with Crippen LogP contribution in [0.2, 0.25) is 0 Å². The summed E-state index contributed by atoms with van der Waals surface area (Å²) in [5.41, 5.74) is 0. The fraction of sp³-hybridized carbons (Fsp3) is 0.857.